The second kappa shape index (κ2) is 7.29. The highest BCUT2D eigenvalue weighted by atomic mass is 16.5. The molecular formula is C14H23NO. The Bertz CT molecular complexity index is 281. The number of ether oxygens (including phenoxy) is 1. The maximum absolute atomic E-state index is 5.55. The Morgan fingerprint density at radius 1 is 1.25 bits per heavy atom. The van der Waals surface area contributed by atoms with Crippen molar-refractivity contribution in [2.75, 3.05) is 20.2 Å². The highest BCUT2D eigenvalue weighted by molar-refractivity contribution is 5.27. The van der Waals surface area contributed by atoms with Crippen LogP contribution in [0, 0.1) is 5.92 Å². The monoisotopic (exact) mass is 221 g/mol. The van der Waals surface area contributed by atoms with E-state index >= 15 is 0 Å². The summed E-state index contributed by atoms with van der Waals surface area (Å²) in [6.45, 7) is 6.25. The van der Waals surface area contributed by atoms with Gasteiger partial charge in [0.1, 0.15) is 5.75 Å². The molecular weight excluding hydrogens is 198 g/mol. The van der Waals surface area contributed by atoms with Crippen molar-refractivity contribution < 1.29 is 4.74 Å². The van der Waals surface area contributed by atoms with Crippen LogP contribution in [0.4, 0.5) is 0 Å². The van der Waals surface area contributed by atoms with Crippen molar-refractivity contribution in [3.05, 3.63) is 29.8 Å². The number of nitrogens with one attached hydrogen (secondary N) is 1. The number of hydrogen-bond donors (Lipinski definition) is 1. The lowest BCUT2D eigenvalue weighted by molar-refractivity contribution is 0.317. The molecule has 1 rings (SSSR count). The second-order valence-corrected chi connectivity index (χ2v) is 4.36. The molecule has 0 bridgehead atoms. The number of hydrogen-bond acceptors (Lipinski definition) is 2. The Morgan fingerprint density at radius 2 is 1.94 bits per heavy atom. The third-order valence-electron chi connectivity index (χ3n) is 2.53. The van der Waals surface area contributed by atoms with Crippen molar-refractivity contribution in [1.29, 1.82) is 0 Å². The van der Waals surface area contributed by atoms with Crippen molar-refractivity contribution in [1.82, 2.24) is 5.32 Å². The summed E-state index contributed by atoms with van der Waals surface area (Å²) in [5, 5.41) is 3.20. The first kappa shape index (κ1) is 13.0. The van der Waals surface area contributed by atoms with Crippen LogP contribution < -0.4 is 10.1 Å². The Hall–Kier alpha value is -1.02. The molecule has 1 aromatic carbocycles. The lowest BCUT2D eigenvalue weighted by atomic mass is 10.0. The molecule has 1 unspecified atom stereocenters. The van der Waals surface area contributed by atoms with Gasteiger partial charge in [-0.25, -0.2) is 0 Å². The first-order valence-corrected chi connectivity index (χ1v) is 6.12. The largest absolute Gasteiger partial charge is 0.494 e. The highest BCUT2D eigenvalue weighted by Gasteiger charge is 2.02. The molecule has 16 heavy (non-hydrogen) atoms. The molecule has 0 aromatic heterocycles. The molecule has 0 radical (unpaired) electrons. The van der Waals surface area contributed by atoms with Crippen LogP contribution >= 0.6 is 0 Å². The molecule has 0 aliphatic rings. The summed E-state index contributed by atoms with van der Waals surface area (Å²) < 4.78 is 5.55. The zero-order valence-electron chi connectivity index (χ0n) is 10.6. The molecule has 0 saturated carbocycles. The first-order valence-electron chi connectivity index (χ1n) is 6.12. The van der Waals surface area contributed by atoms with Gasteiger partial charge in [-0.1, -0.05) is 26.0 Å². The van der Waals surface area contributed by atoms with E-state index in [0.29, 0.717) is 5.92 Å². The van der Waals surface area contributed by atoms with Crippen LogP contribution in [-0.2, 0) is 6.42 Å². The molecule has 90 valence electrons. The van der Waals surface area contributed by atoms with Crippen LogP contribution in [0.15, 0.2) is 24.3 Å². The molecule has 0 aliphatic heterocycles. The number of rotatable bonds is 7. The van der Waals surface area contributed by atoms with Gasteiger partial charge in [0.05, 0.1) is 6.61 Å². The molecule has 0 fully saturated rings. The maximum Gasteiger partial charge on any atom is 0.119 e. The topological polar surface area (TPSA) is 21.3 Å². The van der Waals surface area contributed by atoms with Crippen molar-refractivity contribution in [3.8, 4) is 5.75 Å². The van der Waals surface area contributed by atoms with Gasteiger partial charge in [-0.15, -0.1) is 0 Å². The summed E-state index contributed by atoms with van der Waals surface area (Å²) in [5.74, 6) is 1.65. The van der Waals surface area contributed by atoms with E-state index in [1.165, 1.54) is 5.56 Å². The van der Waals surface area contributed by atoms with Gasteiger partial charge >= 0.3 is 0 Å². The molecule has 1 atom stereocenters. The molecule has 1 aromatic rings. The lowest BCUT2D eigenvalue weighted by Gasteiger charge is -2.11. The third kappa shape index (κ3) is 4.67. The van der Waals surface area contributed by atoms with Crippen molar-refractivity contribution >= 4 is 0 Å². The average Bonchev–Trinajstić information content (AvgIpc) is 2.28. The summed E-state index contributed by atoms with van der Waals surface area (Å²) in [6.07, 6.45) is 2.18. The van der Waals surface area contributed by atoms with Crippen LogP contribution in [0.5, 0.6) is 5.75 Å². The van der Waals surface area contributed by atoms with Crippen LogP contribution in [-0.4, -0.2) is 20.2 Å². The van der Waals surface area contributed by atoms with E-state index in [2.05, 4.69) is 43.4 Å². The van der Waals surface area contributed by atoms with Gasteiger partial charge in [0.25, 0.3) is 0 Å². The third-order valence-corrected chi connectivity index (χ3v) is 2.53. The first-order chi connectivity index (χ1) is 7.76. The normalized spacial score (nSPS) is 12.4. The molecule has 0 spiro atoms. The number of benzene rings is 1. The van der Waals surface area contributed by atoms with E-state index in [1.54, 1.807) is 0 Å². The van der Waals surface area contributed by atoms with E-state index in [-0.39, 0.29) is 0 Å². The average molecular weight is 221 g/mol. The van der Waals surface area contributed by atoms with Gasteiger partial charge < -0.3 is 10.1 Å². The van der Waals surface area contributed by atoms with Gasteiger partial charge in [-0.2, -0.15) is 0 Å². The van der Waals surface area contributed by atoms with Crippen LogP contribution in [0.3, 0.4) is 0 Å². The maximum atomic E-state index is 5.55. The van der Waals surface area contributed by atoms with Gasteiger partial charge in [-0.05, 0) is 50.0 Å². The van der Waals surface area contributed by atoms with E-state index in [4.69, 9.17) is 4.74 Å². The Balaban J connectivity index is 2.44. The minimum absolute atomic E-state index is 0.674. The predicted molar refractivity (Wildman–Crippen MR) is 69.0 cm³/mol. The van der Waals surface area contributed by atoms with Gasteiger partial charge in [0.15, 0.2) is 0 Å². The highest BCUT2D eigenvalue weighted by Crippen LogP contribution is 2.15. The van der Waals surface area contributed by atoms with Crippen molar-refractivity contribution in [3.63, 3.8) is 0 Å². The summed E-state index contributed by atoms with van der Waals surface area (Å²) >= 11 is 0. The van der Waals surface area contributed by atoms with E-state index in [1.807, 2.05) is 7.05 Å². The van der Waals surface area contributed by atoms with Gasteiger partial charge in [0, 0.05) is 0 Å². The van der Waals surface area contributed by atoms with Gasteiger partial charge in [0.2, 0.25) is 0 Å². The minimum Gasteiger partial charge on any atom is -0.494 e. The van der Waals surface area contributed by atoms with Crippen LogP contribution in [0.1, 0.15) is 25.8 Å². The fourth-order valence-corrected chi connectivity index (χ4v) is 1.76. The predicted octanol–water partition coefficient (Wildman–Crippen LogP) is 2.87. The summed E-state index contributed by atoms with van der Waals surface area (Å²) in [5.41, 5.74) is 1.38. The van der Waals surface area contributed by atoms with E-state index in [9.17, 15) is 0 Å². The van der Waals surface area contributed by atoms with Crippen LogP contribution in [0.2, 0.25) is 0 Å². The molecule has 0 amide bonds. The smallest absolute Gasteiger partial charge is 0.119 e. The lowest BCUT2D eigenvalue weighted by Crippen LogP contribution is -2.17. The van der Waals surface area contributed by atoms with E-state index < -0.39 is 0 Å². The minimum atomic E-state index is 0.674. The summed E-state index contributed by atoms with van der Waals surface area (Å²) in [6, 6.07) is 8.46. The Kier molecular flexibility index (Phi) is 5.94. The zero-order valence-corrected chi connectivity index (χ0v) is 10.6. The SMILES string of the molecule is CCCOc1ccc(CC(C)CNC)cc1. The van der Waals surface area contributed by atoms with Crippen LogP contribution in [0.25, 0.3) is 0 Å². The van der Waals surface area contributed by atoms with Gasteiger partial charge in [-0.3, -0.25) is 0 Å². The van der Waals surface area contributed by atoms with Crippen molar-refractivity contribution in [2.24, 2.45) is 5.92 Å². The molecule has 0 aliphatic carbocycles. The fraction of sp³-hybridized carbons (Fsp3) is 0.571. The second-order valence-electron chi connectivity index (χ2n) is 4.36. The standard InChI is InChI=1S/C14H23NO/c1-4-9-16-14-7-5-13(6-8-14)10-12(2)11-15-3/h5-8,12,15H,4,9-11H2,1-3H3. The molecule has 0 heterocycles. The van der Waals surface area contributed by atoms with E-state index in [0.717, 1.165) is 31.7 Å². The van der Waals surface area contributed by atoms with Crippen molar-refractivity contribution in [2.45, 2.75) is 26.7 Å². The quantitative estimate of drug-likeness (QED) is 0.764. The summed E-state index contributed by atoms with van der Waals surface area (Å²) in [7, 11) is 2.00. The molecule has 0 saturated heterocycles. The zero-order chi connectivity index (χ0) is 11.8. The fourth-order valence-electron chi connectivity index (χ4n) is 1.76. The Morgan fingerprint density at radius 3 is 2.50 bits per heavy atom. The summed E-state index contributed by atoms with van der Waals surface area (Å²) in [4.78, 5) is 0. The molecule has 2 nitrogen and oxygen atoms in total. The Labute approximate surface area is 99.0 Å². The molecule has 1 N–H and O–H groups in total. The molecule has 2 heteroatoms.